The molecule has 0 unspecified atom stereocenters. The highest BCUT2D eigenvalue weighted by atomic mass is 16.8. The molecule has 0 aliphatic carbocycles. The van der Waals surface area contributed by atoms with E-state index in [9.17, 15) is 54.0 Å². The summed E-state index contributed by atoms with van der Waals surface area (Å²) in [4.78, 5) is 96.1. The molecule has 19 heteroatoms. The van der Waals surface area contributed by atoms with Gasteiger partial charge in [-0.3, -0.25) is 33.6 Å². The fourth-order valence-corrected chi connectivity index (χ4v) is 6.86. The predicted octanol–water partition coefficient (Wildman–Crippen LogP) is -1.61. The molecule has 2 saturated heterocycles. The van der Waals surface area contributed by atoms with Gasteiger partial charge in [0.05, 0.1) is 26.9 Å². The predicted molar refractivity (Wildman–Crippen MR) is 171 cm³/mol. The van der Waals surface area contributed by atoms with Crippen molar-refractivity contribution in [1.82, 2.24) is 0 Å². The zero-order valence-electron chi connectivity index (χ0n) is 30.3. The van der Waals surface area contributed by atoms with E-state index < -0.39 is 120 Å². The summed E-state index contributed by atoms with van der Waals surface area (Å²) in [5.74, 6) is -12.7. The Bertz CT molecular complexity index is 1590. The van der Waals surface area contributed by atoms with Gasteiger partial charge in [-0.25, -0.2) is 0 Å². The fraction of sp³-hybridized carbons (Fsp3) is 0.618. The van der Waals surface area contributed by atoms with Gasteiger partial charge in [0.1, 0.15) is 36.3 Å². The highest BCUT2D eigenvalue weighted by Gasteiger charge is 2.91. The number of hydrogen-bond acceptors (Lipinski definition) is 19. The van der Waals surface area contributed by atoms with E-state index in [4.69, 9.17) is 37.9 Å². The van der Waals surface area contributed by atoms with E-state index in [1.807, 2.05) is 0 Å². The second-order valence-electron chi connectivity index (χ2n) is 12.5. The molecule has 0 spiro atoms. The molecule has 1 aromatic carbocycles. The van der Waals surface area contributed by atoms with Crippen molar-refractivity contribution in [3.8, 4) is 5.75 Å². The maximum absolute atomic E-state index is 14.4. The van der Waals surface area contributed by atoms with Crippen molar-refractivity contribution in [1.29, 1.82) is 0 Å². The van der Waals surface area contributed by atoms with E-state index in [0.717, 1.165) is 34.6 Å². The number of aliphatic hydroxyl groups is 4. The molecule has 4 N–H and O–H groups in total. The lowest BCUT2D eigenvalue weighted by molar-refractivity contribution is -0.407. The van der Waals surface area contributed by atoms with Gasteiger partial charge in [0.25, 0.3) is 17.0 Å². The average molecular weight is 757 g/mol. The van der Waals surface area contributed by atoms with E-state index in [-0.39, 0.29) is 5.56 Å². The van der Waals surface area contributed by atoms with Crippen LogP contribution in [0.15, 0.2) is 24.3 Å². The number of Topliss-reactive ketones (excluding diaryl/α,β-unsaturated/α-hetero) is 4. The van der Waals surface area contributed by atoms with E-state index >= 15 is 0 Å². The zero-order chi connectivity index (χ0) is 40.3. The Morgan fingerprint density at radius 2 is 1.23 bits per heavy atom. The maximum atomic E-state index is 14.4. The van der Waals surface area contributed by atoms with Crippen LogP contribution in [0.3, 0.4) is 0 Å². The largest absolute Gasteiger partial charge is 0.497 e. The van der Waals surface area contributed by atoms with E-state index in [0.29, 0.717) is 19.6 Å². The Balaban J connectivity index is 2.51. The summed E-state index contributed by atoms with van der Waals surface area (Å²) in [6.45, 7) is 2.47. The standard InChI is InChI=1S/C34H44O19/c1-16(36)31(50-20(5)40)26(15-47-30-29(45)28(44)27(43)25(13-35)49-30)53-34(19(4)39,48-14-23-9-11-24(46-8)12-10-23)33(18(3)38,52-22(7)42)32(31,17(2)37)51-21(6)41/h9-12,25-30,35,43-45H,13-15H2,1-8H3/t25-,26-,27-,28+,29-,30-,31-,32+,33-,34-/m1/s1. The summed E-state index contributed by atoms with van der Waals surface area (Å²) in [6.07, 6.45) is -11.7. The van der Waals surface area contributed by atoms with Crippen LogP contribution in [0.5, 0.6) is 5.75 Å². The Morgan fingerprint density at radius 1 is 0.698 bits per heavy atom. The van der Waals surface area contributed by atoms with Gasteiger partial charge in [0.2, 0.25) is 5.60 Å². The van der Waals surface area contributed by atoms with Crippen molar-refractivity contribution in [2.45, 2.75) is 114 Å². The van der Waals surface area contributed by atoms with Gasteiger partial charge in [-0.2, -0.15) is 0 Å². The lowest BCUT2D eigenvalue weighted by Crippen LogP contribution is -2.93. The van der Waals surface area contributed by atoms with Gasteiger partial charge in [0.15, 0.2) is 29.4 Å². The Labute approximate surface area is 303 Å². The Morgan fingerprint density at radius 3 is 1.66 bits per heavy atom. The van der Waals surface area contributed by atoms with Crippen LogP contribution in [-0.4, -0.2) is 141 Å². The van der Waals surface area contributed by atoms with Crippen LogP contribution >= 0.6 is 0 Å². The van der Waals surface area contributed by atoms with Crippen molar-refractivity contribution in [3.05, 3.63) is 29.8 Å². The first kappa shape index (κ1) is 43.2. The number of carbonyl (C=O) groups excluding carboxylic acids is 7. The first-order valence-electron chi connectivity index (χ1n) is 16.1. The number of esters is 3. The summed E-state index contributed by atoms with van der Waals surface area (Å²) >= 11 is 0. The number of carbonyl (C=O) groups is 7. The summed E-state index contributed by atoms with van der Waals surface area (Å²) in [5, 5.41) is 41.0. The Kier molecular flexibility index (Phi) is 13.4. The van der Waals surface area contributed by atoms with Crippen molar-refractivity contribution < 1.29 is 91.9 Å². The van der Waals surface area contributed by atoms with Crippen LogP contribution < -0.4 is 4.74 Å². The summed E-state index contributed by atoms with van der Waals surface area (Å²) in [6, 6.07) is 5.95. The van der Waals surface area contributed by atoms with Crippen LogP contribution in [0, 0.1) is 0 Å². The SMILES string of the molecule is COc1ccc(CO[C@]2(C(C)=O)O[C@H](CO[C@@H]3O[C@H](CO)[C@@H](O)[C@H](O)[C@H]3O)[C@](OC(C)=O)(C(C)=O)[C@@](OC(C)=O)(C(C)=O)[C@]2(OC(C)=O)C(C)=O)cc1. The molecular formula is C34H44O19. The minimum absolute atomic E-state index is 0.272. The monoisotopic (exact) mass is 756 g/mol. The summed E-state index contributed by atoms with van der Waals surface area (Å²) < 4.78 is 45.3. The highest BCUT2D eigenvalue weighted by molar-refractivity contribution is 6.11. The molecule has 1 aromatic rings. The molecule has 0 saturated carbocycles. The molecule has 294 valence electrons. The Hall–Kier alpha value is -4.21. The molecule has 2 heterocycles. The number of hydrogen-bond donors (Lipinski definition) is 4. The number of aliphatic hydroxyl groups excluding tert-OH is 4. The molecule has 53 heavy (non-hydrogen) atoms. The normalized spacial score (nSPS) is 34.0. The molecule has 2 aliphatic heterocycles. The third-order valence-electron chi connectivity index (χ3n) is 8.98. The second-order valence-corrected chi connectivity index (χ2v) is 12.5. The number of benzene rings is 1. The summed E-state index contributed by atoms with van der Waals surface area (Å²) in [7, 11) is 1.40. The number of ketones is 4. The molecule has 19 nitrogen and oxygen atoms in total. The van der Waals surface area contributed by atoms with Gasteiger partial charge >= 0.3 is 17.9 Å². The lowest BCUT2D eigenvalue weighted by Gasteiger charge is -2.63. The highest BCUT2D eigenvalue weighted by Crippen LogP contribution is 2.58. The first-order chi connectivity index (χ1) is 24.6. The molecule has 2 fully saturated rings. The fourth-order valence-electron chi connectivity index (χ4n) is 6.86. The van der Waals surface area contributed by atoms with Gasteiger partial charge in [0, 0.05) is 27.7 Å². The maximum Gasteiger partial charge on any atom is 0.304 e. The molecule has 3 rings (SSSR count). The van der Waals surface area contributed by atoms with E-state index in [1.54, 1.807) is 0 Å². The third-order valence-corrected chi connectivity index (χ3v) is 8.98. The average Bonchev–Trinajstić information content (AvgIpc) is 3.07. The quantitative estimate of drug-likeness (QED) is 0.116. The number of ether oxygens (including phenoxy) is 8. The topological polar surface area (TPSA) is 274 Å². The zero-order valence-corrected chi connectivity index (χ0v) is 30.3. The summed E-state index contributed by atoms with van der Waals surface area (Å²) in [5.41, 5.74) is -10.4. The van der Waals surface area contributed by atoms with Crippen molar-refractivity contribution in [2.24, 2.45) is 0 Å². The van der Waals surface area contributed by atoms with Crippen molar-refractivity contribution in [3.63, 3.8) is 0 Å². The van der Waals surface area contributed by atoms with E-state index in [2.05, 4.69) is 0 Å². The smallest absolute Gasteiger partial charge is 0.304 e. The number of methoxy groups -OCH3 is 1. The van der Waals surface area contributed by atoms with Crippen LogP contribution in [0.4, 0.5) is 0 Å². The molecule has 2 aliphatic rings. The van der Waals surface area contributed by atoms with Crippen LogP contribution in [0.1, 0.15) is 54.0 Å². The van der Waals surface area contributed by atoms with Gasteiger partial charge in [-0.15, -0.1) is 0 Å². The van der Waals surface area contributed by atoms with Gasteiger partial charge in [-0.1, -0.05) is 12.1 Å². The third kappa shape index (κ3) is 7.22. The van der Waals surface area contributed by atoms with Crippen LogP contribution in [0.2, 0.25) is 0 Å². The minimum atomic E-state index is -3.64. The minimum Gasteiger partial charge on any atom is -0.497 e. The molecule has 0 radical (unpaired) electrons. The first-order valence-corrected chi connectivity index (χ1v) is 16.1. The molecule has 0 bridgehead atoms. The molecule has 10 atom stereocenters. The van der Waals surface area contributed by atoms with Crippen LogP contribution in [-0.2, 0) is 73.3 Å². The second kappa shape index (κ2) is 16.4. The molecule has 0 amide bonds. The lowest BCUT2D eigenvalue weighted by atomic mass is 9.57. The molecular weight excluding hydrogens is 712 g/mol. The van der Waals surface area contributed by atoms with Crippen molar-refractivity contribution >= 4 is 41.0 Å². The van der Waals surface area contributed by atoms with Crippen molar-refractivity contribution in [2.75, 3.05) is 20.3 Å². The molecule has 0 aromatic heterocycles. The van der Waals surface area contributed by atoms with E-state index in [1.165, 1.54) is 31.4 Å². The van der Waals surface area contributed by atoms with Gasteiger partial charge in [-0.05, 0) is 38.5 Å². The van der Waals surface area contributed by atoms with Gasteiger partial charge < -0.3 is 58.3 Å². The number of rotatable bonds is 15. The van der Waals surface area contributed by atoms with Crippen LogP contribution in [0.25, 0.3) is 0 Å².